The molecule has 1 amide bonds. The maximum atomic E-state index is 12.1. The van der Waals surface area contributed by atoms with E-state index < -0.39 is 0 Å². The van der Waals surface area contributed by atoms with E-state index in [4.69, 9.17) is 5.11 Å². The van der Waals surface area contributed by atoms with E-state index in [1.54, 1.807) is 16.2 Å². The second kappa shape index (κ2) is 4.33. The first kappa shape index (κ1) is 10.6. The summed E-state index contributed by atoms with van der Waals surface area (Å²) in [6.45, 7) is 2.81. The van der Waals surface area contributed by atoms with Crippen LogP contribution in [-0.2, 0) is 0 Å². The standard InChI is InChI=1S/C11H15NO2S/c1-8-6-15-7-10(8)11(14)12-4-2-3-9(12)5-13/h6-7,9,13H,2-5H2,1H3/t9-/m1/s1. The number of rotatable bonds is 2. The second-order valence-corrected chi connectivity index (χ2v) is 4.69. The average Bonchev–Trinajstić information content (AvgIpc) is 2.84. The summed E-state index contributed by atoms with van der Waals surface area (Å²) < 4.78 is 0. The predicted molar refractivity (Wildman–Crippen MR) is 60.2 cm³/mol. The molecule has 82 valence electrons. The molecule has 15 heavy (non-hydrogen) atoms. The van der Waals surface area contributed by atoms with E-state index in [1.807, 2.05) is 17.7 Å². The highest BCUT2D eigenvalue weighted by Gasteiger charge is 2.29. The van der Waals surface area contributed by atoms with Crippen molar-refractivity contribution in [2.75, 3.05) is 13.2 Å². The summed E-state index contributed by atoms with van der Waals surface area (Å²) in [4.78, 5) is 13.9. The van der Waals surface area contributed by atoms with Crippen molar-refractivity contribution < 1.29 is 9.90 Å². The number of hydrogen-bond acceptors (Lipinski definition) is 3. The number of thiophene rings is 1. The van der Waals surface area contributed by atoms with Crippen molar-refractivity contribution in [2.45, 2.75) is 25.8 Å². The smallest absolute Gasteiger partial charge is 0.255 e. The highest BCUT2D eigenvalue weighted by atomic mass is 32.1. The van der Waals surface area contributed by atoms with Crippen LogP contribution in [0.25, 0.3) is 0 Å². The minimum absolute atomic E-state index is 0.0248. The van der Waals surface area contributed by atoms with Crippen LogP contribution >= 0.6 is 11.3 Å². The maximum absolute atomic E-state index is 12.1. The molecule has 0 spiro atoms. The van der Waals surface area contributed by atoms with Gasteiger partial charge in [0.25, 0.3) is 5.91 Å². The van der Waals surface area contributed by atoms with Gasteiger partial charge in [0.15, 0.2) is 0 Å². The molecule has 4 heteroatoms. The van der Waals surface area contributed by atoms with Crippen molar-refractivity contribution in [3.05, 3.63) is 21.9 Å². The lowest BCUT2D eigenvalue weighted by molar-refractivity contribution is 0.0677. The van der Waals surface area contributed by atoms with Gasteiger partial charge in [-0.2, -0.15) is 11.3 Å². The Kier molecular flexibility index (Phi) is 3.07. The summed E-state index contributed by atoms with van der Waals surface area (Å²) in [5.74, 6) is 0.0744. The summed E-state index contributed by atoms with van der Waals surface area (Å²) in [5, 5.41) is 13.0. The van der Waals surface area contributed by atoms with E-state index in [1.165, 1.54) is 0 Å². The van der Waals surface area contributed by atoms with Gasteiger partial charge in [-0.3, -0.25) is 4.79 Å². The molecular weight excluding hydrogens is 210 g/mol. The summed E-state index contributed by atoms with van der Waals surface area (Å²) in [7, 11) is 0. The fourth-order valence-corrected chi connectivity index (χ4v) is 2.85. The molecule has 1 aromatic heterocycles. The van der Waals surface area contributed by atoms with E-state index in [0.717, 1.165) is 30.5 Å². The van der Waals surface area contributed by atoms with Crippen LogP contribution in [0, 0.1) is 6.92 Å². The molecule has 1 atom stereocenters. The van der Waals surface area contributed by atoms with Gasteiger partial charge in [0.05, 0.1) is 18.2 Å². The fraction of sp³-hybridized carbons (Fsp3) is 0.545. The Labute approximate surface area is 93.3 Å². The van der Waals surface area contributed by atoms with Gasteiger partial charge in [0, 0.05) is 11.9 Å². The van der Waals surface area contributed by atoms with Crippen LogP contribution in [0.4, 0.5) is 0 Å². The average molecular weight is 225 g/mol. The second-order valence-electron chi connectivity index (χ2n) is 3.95. The van der Waals surface area contributed by atoms with E-state index >= 15 is 0 Å². The zero-order valence-corrected chi connectivity index (χ0v) is 9.59. The summed E-state index contributed by atoms with van der Waals surface area (Å²) >= 11 is 1.55. The quantitative estimate of drug-likeness (QED) is 0.831. The van der Waals surface area contributed by atoms with Crippen LogP contribution in [0.3, 0.4) is 0 Å². The Balaban J connectivity index is 2.18. The van der Waals surface area contributed by atoms with E-state index in [2.05, 4.69) is 0 Å². The molecule has 1 aliphatic heterocycles. The summed E-state index contributed by atoms with van der Waals surface area (Å²) in [6, 6.07) is 0.0248. The molecule has 0 aliphatic carbocycles. The Hall–Kier alpha value is -0.870. The Morgan fingerprint density at radius 2 is 2.47 bits per heavy atom. The molecule has 1 fully saturated rings. The summed E-state index contributed by atoms with van der Waals surface area (Å²) in [5.41, 5.74) is 1.83. The van der Waals surface area contributed by atoms with E-state index in [9.17, 15) is 4.79 Å². The largest absolute Gasteiger partial charge is 0.394 e. The van der Waals surface area contributed by atoms with Crippen molar-refractivity contribution in [2.24, 2.45) is 0 Å². The number of carbonyl (C=O) groups is 1. The van der Waals surface area contributed by atoms with Crippen LogP contribution in [-0.4, -0.2) is 35.1 Å². The van der Waals surface area contributed by atoms with Gasteiger partial charge >= 0.3 is 0 Å². The first-order chi connectivity index (χ1) is 7.24. The molecule has 1 aliphatic rings. The highest BCUT2D eigenvalue weighted by Crippen LogP contribution is 2.22. The van der Waals surface area contributed by atoms with Crippen LogP contribution in [0.2, 0.25) is 0 Å². The highest BCUT2D eigenvalue weighted by molar-refractivity contribution is 7.08. The first-order valence-electron chi connectivity index (χ1n) is 5.18. The van der Waals surface area contributed by atoms with Crippen molar-refractivity contribution in [3.8, 4) is 0 Å². The molecule has 1 N–H and O–H groups in total. The van der Waals surface area contributed by atoms with Crippen LogP contribution in [0.15, 0.2) is 10.8 Å². The van der Waals surface area contributed by atoms with Gasteiger partial charge in [-0.1, -0.05) is 0 Å². The lowest BCUT2D eigenvalue weighted by Crippen LogP contribution is -2.37. The first-order valence-corrected chi connectivity index (χ1v) is 6.13. The summed E-state index contributed by atoms with van der Waals surface area (Å²) in [6.07, 6.45) is 1.92. The third kappa shape index (κ3) is 1.92. The molecule has 0 unspecified atom stereocenters. The number of hydrogen-bond donors (Lipinski definition) is 1. The number of likely N-dealkylation sites (tertiary alicyclic amines) is 1. The van der Waals surface area contributed by atoms with Crippen LogP contribution in [0.1, 0.15) is 28.8 Å². The van der Waals surface area contributed by atoms with E-state index in [-0.39, 0.29) is 18.6 Å². The van der Waals surface area contributed by atoms with Crippen molar-refractivity contribution >= 4 is 17.2 Å². The molecule has 2 rings (SSSR count). The number of carbonyl (C=O) groups excluding carboxylic acids is 1. The normalized spacial score (nSPS) is 20.9. The third-order valence-electron chi connectivity index (χ3n) is 2.93. The van der Waals surface area contributed by atoms with Gasteiger partial charge in [0.2, 0.25) is 0 Å². The maximum Gasteiger partial charge on any atom is 0.255 e. The zero-order chi connectivity index (χ0) is 10.8. The Morgan fingerprint density at radius 3 is 3.07 bits per heavy atom. The van der Waals surface area contributed by atoms with Gasteiger partial charge in [0.1, 0.15) is 0 Å². The number of aliphatic hydroxyl groups is 1. The molecular formula is C11H15NO2S. The number of aliphatic hydroxyl groups excluding tert-OH is 1. The van der Waals surface area contributed by atoms with E-state index in [0.29, 0.717) is 0 Å². The van der Waals surface area contributed by atoms with Crippen molar-refractivity contribution in [3.63, 3.8) is 0 Å². The van der Waals surface area contributed by atoms with Crippen LogP contribution in [0.5, 0.6) is 0 Å². The lowest BCUT2D eigenvalue weighted by Gasteiger charge is -2.22. The van der Waals surface area contributed by atoms with Gasteiger partial charge in [-0.15, -0.1) is 0 Å². The molecule has 3 nitrogen and oxygen atoms in total. The minimum Gasteiger partial charge on any atom is -0.394 e. The number of nitrogens with zero attached hydrogens (tertiary/aromatic N) is 1. The topological polar surface area (TPSA) is 40.5 Å². The minimum atomic E-state index is 0.0248. The Morgan fingerprint density at radius 1 is 1.67 bits per heavy atom. The number of amides is 1. The van der Waals surface area contributed by atoms with Gasteiger partial charge < -0.3 is 10.0 Å². The third-order valence-corrected chi connectivity index (χ3v) is 3.80. The zero-order valence-electron chi connectivity index (χ0n) is 8.77. The Bertz CT molecular complexity index is 361. The SMILES string of the molecule is Cc1cscc1C(=O)N1CCC[C@@H]1CO. The molecule has 0 saturated carbocycles. The molecule has 1 aromatic rings. The van der Waals surface area contributed by atoms with Crippen molar-refractivity contribution in [1.82, 2.24) is 4.90 Å². The van der Waals surface area contributed by atoms with Crippen molar-refractivity contribution in [1.29, 1.82) is 0 Å². The van der Waals surface area contributed by atoms with Gasteiger partial charge in [-0.25, -0.2) is 0 Å². The molecule has 2 heterocycles. The van der Waals surface area contributed by atoms with Gasteiger partial charge in [-0.05, 0) is 30.7 Å². The molecule has 0 radical (unpaired) electrons. The number of aryl methyl sites for hydroxylation is 1. The monoisotopic (exact) mass is 225 g/mol. The molecule has 1 saturated heterocycles. The van der Waals surface area contributed by atoms with Crippen LogP contribution < -0.4 is 0 Å². The molecule has 0 bridgehead atoms. The molecule has 0 aromatic carbocycles. The predicted octanol–water partition coefficient (Wildman–Crippen LogP) is 1.65. The lowest BCUT2D eigenvalue weighted by atomic mass is 10.2. The fourth-order valence-electron chi connectivity index (χ4n) is 2.03.